The highest BCUT2D eigenvalue weighted by molar-refractivity contribution is 5.47. The molecule has 2 saturated heterocycles. The lowest BCUT2D eigenvalue weighted by atomic mass is 10.1. The van der Waals surface area contributed by atoms with E-state index in [1.165, 1.54) is 11.3 Å². The summed E-state index contributed by atoms with van der Waals surface area (Å²) < 4.78 is 5.39. The van der Waals surface area contributed by atoms with Gasteiger partial charge < -0.3 is 15.0 Å². The molecule has 2 heterocycles. The van der Waals surface area contributed by atoms with Crippen molar-refractivity contribution in [2.75, 3.05) is 57.4 Å². The SMILES string of the molecule is c1cc(N2CCOCC2)ccc1CN1CCNCC1. The van der Waals surface area contributed by atoms with E-state index in [4.69, 9.17) is 4.74 Å². The lowest BCUT2D eigenvalue weighted by molar-refractivity contribution is 0.122. The molecule has 0 atom stereocenters. The Kier molecular flexibility index (Phi) is 4.33. The molecule has 4 nitrogen and oxygen atoms in total. The van der Waals surface area contributed by atoms with Crippen LogP contribution in [0, 0.1) is 0 Å². The Labute approximate surface area is 115 Å². The third-order valence-electron chi connectivity index (χ3n) is 3.93. The average molecular weight is 261 g/mol. The molecule has 0 bridgehead atoms. The van der Waals surface area contributed by atoms with E-state index in [1.54, 1.807) is 0 Å². The first-order valence-corrected chi connectivity index (χ1v) is 7.26. The fourth-order valence-corrected chi connectivity index (χ4v) is 2.76. The van der Waals surface area contributed by atoms with Crippen LogP contribution >= 0.6 is 0 Å². The molecule has 2 aliphatic heterocycles. The molecule has 1 aromatic carbocycles. The largest absolute Gasteiger partial charge is 0.378 e. The molecule has 0 aliphatic carbocycles. The van der Waals surface area contributed by atoms with Gasteiger partial charge in [0.2, 0.25) is 0 Å². The zero-order valence-corrected chi connectivity index (χ0v) is 11.5. The van der Waals surface area contributed by atoms with Crippen LogP contribution in [-0.2, 0) is 11.3 Å². The van der Waals surface area contributed by atoms with Crippen molar-refractivity contribution in [1.29, 1.82) is 0 Å². The van der Waals surface area contributed by atoms with Crippen molar-refractivity contribution in [3.8, 4) is 0 Å². The number of hydrogen-bond acceptors (Lipinski definition) is 4. The predicted molar refractivity (Wildman–Crippen MR) is 77.6 cm³/mol. The molecule has 3 rings (SSSR count). The van der Waals surface area contributed by atoms with Crippen LogP contribution in [-0.4, -0.2) is 57.4 Å². The minimum atomic E-state index is 0.850. The van der Waals surface area contributed by atoms with E-state index in [0.717, 1.165) is 59.0 Å². The van der Waals surface area contributed by atoms with Crippen LogP contribution in [0.15, 0.2) is 24.3 Å². The number of rotatable bonds is 3. The fraction of sp³-hybridized carbons (Fsp3) is 0.600. The Hall–Kier alpha value is -1.10. The van der Waals surface area contributed by atoms with Gasteiger partial charge in [-0.2, -0.15) is 0 Å². The summed E-state index contributed by atoms with van der Waals surface area (Å²) in [5, 5.41) is 3.39. The van der Waals surface area contributed by atoms with Crippen LogP contribution in [0.25, 0.3) is 0 Å². The molecule has 1 N–H and O–H groups in total. The second kappa shape index (κ2) is 6.37. The van der Waals surface area contributed by atoms with Crippen molar-refractivity contribution in [1.82, 2.24) is 10.2 Å². The highest BCUT2D eigenvalue weighted by Crippen LogP contribution is 2.17. The van der Waals surface area contributed by atoms with Gasteiger partial charge in [0.1, 0.15) is 0 Å². The summed E-state index contributed by atoms with van der Waals surface area (Å²) in [5.74, 6) is 0. The summed E-state index contributed by atoms with van der Waals surface area (Å²) in [6.07, 6.45) is 0. The van der Waals surface area contributed by atoms with E-state index in [2.05, 4.69) is 39.4 Å². The summed E-state index contributed by atoms with van der Waals surface area (Å²) in [7, 11) is 0. The maximum Gasteiger partial charge on any atom is 0.0642 e. The van der Waals surface area contributed by atoms with E-state index < -0.39 is 0 Å². The van der Waals surface area contributed by atoms with Gasteiger partial charge in [-0.1, -0.05) is 12.1 Å². The first-order chi connectivity index (χ1) is 9.42. The molecule has 0 spiro atoms. The quantitative estimate of drug-likeness (QED) is 0.876. The number of anilines is 1. The highest BCUT2D eigenvalue weighted by atomic mass is 16.5. The Morgan fingerprint density at radius 2 is 1.63 bits per heavy atom. The molecule has 2 fully saturated rings. The van der Waals surface area contributed by atoms with Crippen LogP contribution in [0.2, 0.25) is 0 Å². The smallest absolute Gasteiger partial charge is 0.0642 e. The molecular formula is C15H23N3O. The summed E-state index contributed by atoms with van der Waals surface area (Å²) in [5.41, 5.74) is 2.74. The van der Waals surface area contributed by atoms with Gasteiger partial charge in [-0.3, -0.25) is 4.90 Å². The number of piperazine rings is 1. The van der Waals surface area contributed by atoms with Gasteiger partial charge in [-0.05, 0) is 17.7 Å². The summed E-state index contributed by atoms with van der Waals surface area (Å²) in [6.45, 7) is 9.35. The molecule has 0 unspecified atom stereocenters. The predicted octanol–water partition coefficient (Wildman–Crippen LogP) is 0.928. The maximum absolute atomic E-state index is 5.39. The molecule has 104 valence electrons. The summed E-state index contributed by atoms with van der Waals surface area (Å²) in [4.78, 5) is 4.92. The van der Waals surface area contributed by atoms with Crippen LogP contribution < -0.4 is 10.2 Å². The highest BCUT2D eigenvalue weighted by Gasteiger charge is 2.12. The minimum Gasteiger partial charge on any atom is -0.378 e. The van der Waals surface area contributed by atoms with Gasteiger partial charge >= 0.3 is 0 Å². The minimum absolute atomic E-state index is 0.850. The first kappa shape index (κ1) is 12.9. The van der Waals surface area contributed by atoms with Crippen LogP contribution in [0.1, 0.15) is 5.56 Å². The second-order valence-corrected chi connectivity index (χ2v) is 5.29. The van der Waals surface area contributed by atoms with Gasteiger partial charge in [0.15, 0.2) is 0 Å². The van der Waals surface area contributed by atoms with E-state index in [-0.39, 0.29) is 0 Å². The molecule has 1 aromatic rings. The molecule has 0 aromatic heterocycles. The molecule has 2 aliphatic rings. The third kappa shape index (κ3) is 3.47. The Morgan fingerprint density at radius 1 is 0.947 bits per heavy atom. The monoisotopic (exact) mass is 261 g/mol. The van der Waals surface area contributed by atoms with Crippen LogP contribution in [0.4, 0.5) is 5.69 Å². The Balaban J connectivity index is 1.58. The van der Waals surface area contributed by atoms with Gasteiger partial charge in [0, 0.05) is 51.5 Å². The normalized spacial score (nSPS) is 21.6. The van der Waals surface area contributed by atoms with E-state index >= 15 is 0 Å². The molecule has 0 saturated carbocycles. The third-order valence-corrected chi connectivity index (χ3v) is 3.93. The van der Waals surface area contributed by atoms with E-state index in [9.17, 15) is 0 Å². The topological polar surface area (TPSA) is 27.7 Å². The number of nitrogens with one attached hydrogen (secondary N) is 1. The lowest BCUT2D eigenvalue weighted by Gasteiger charge is -2.29. The number of morpholine rings is 1. The molecular weight excluding hydrogens is 238 g/mol. The van der Waals surface area contributed by atoms with Gasteiger partial charge in [0.05, 0.1) is 13.2 Å². The number of nitrogens with zero attached hydrogens (tertiary/aromatic N) is 2. The van der Waals surface area contributed by atoms with E-state index in [1.807, 2.05) is 0 Å². The first-order valence-electron chi connectivity index (χ1n) is 7.26. The second-order valence-electron chi connectivity index (χ2n) is 5.29. The zero-order valence-electron chi connectivity index (χ0n) is 11.5. The van der Waals surface area contributed by atoms with Crippen molar-refractivity contribution in [3.05, 3.63) is 29.8 Å². The number of benzene rings is 1. The van der Waals surface area contributed by atoms with Gasteiger partial charge in [-0.15, -0.1) is 0 Å². The molecule has 19 heavy (non-hydrogen) atoms. The van der Waals surface area contributed by atoms with Gasteiger partial charge in [0.25, 0.3) is 0 Å². The van der Waals surface area contributed by atoms with Crippen molar-refractivity contribution in [3.63, 3.8) is 0 Å². The number of ether oxygens (including phenoxy) is 1. The van der Waals surface area contributed by atoms with Crippen molar-refractivity contribution in [2.24, 2.45) is 0 Å². The Morgan fingerprint density at radius 3 is 2.32 bits per heavy atom. The fourth-order valence-electron chi connectivity index (χ4n) is 2.76. The van der Waals surface area contributed by atoms with Crippen molar-refractivity contribution < 1.29 is 4.74 Å². The zero-order chi connectivity index (χ0) is 12.9. The van der Waals surface area contributed by atoms with Crippen LogP contribution in [0.3, 0.4) is 0 Å². The van der Waals surface area contributed by atoms with Crippen LogP contribution in [0.5, 0.6) is 0 Å². The lowest BCUT2D eigenvalue weighted by Crippen LogP contribution is -2.42. The maximum atomic E-state index is 5.39. The van der Waals surface area contributed by atoms with Crippen molar-refractivity contribution >= 4 is 5.69 Å². The Bertz CT molecular complexity index is 381. The van der Waals surface area contributed by atoms with E-state index in [0.29, 0.717) is 0 Å². The molecule has 4 heteroatoms. The average Bonchev–Trinajstić information content (AvgIpc) is 2.50. The van der Waals surface area contributed by atoms with Gasteiger partial charge in [-0.25, -0.2) is 0 Å². The summed E-state index contributed by atoms with van der Waals surface area (Å²) in [6, 6.07) is 9.05. The molecule has 0 amide bonds. The summed E-state index contributed by atoms with van der Waals surface area (Å²) >= 11 is 0. The standard InChI is InChI=1S/C15H23N3O/c1-3-15(18-9-11-19-12-10-18)4-2-14(1)13-17-7-5-16-6-8-17/h1-4,16H,5-13H2. The molecule has 0 radical (unpaired) electrons. The number of hydrogen-bond donors (Lipinski definition) is 1. The van der Waals surface area contributed by atoms with Crippen molar-refractivity contribution in [2.45, 2.75) is 6.54 Å².